The van der Waals surface area contributed by atoms with E-state index in [1.165, 1.54) is 0 Å². The molecule has 1 aromatic carbocycles. The summed E-state index contributed by atoms with van der Waals surface area (Å²) in [5.74, 6) is 0. The Morgan fingerprint density at radius 2 is 1.53 bits per heavy atom. The van der Waals surface area contributed by atoms with Crippen LogP contribution < -0.4 is 10.6 Å². The average molecular weight is 285 g/mol. The van der Waals surface area contributed by atoms with Crippen LogP contribution in [0.5, 0.6) is 0 Å². The lowest BCUT2D eigenvalue weighted by Gasteiger charge is -2.23. The lowest BCUT2D eigenvalue weighted by Crippen LogP contribution is -2.26. The minimum atomic E-state index is -3.17. The number of anilines is 1. The molecule has 0 aliphatic carbocycles. The first-order valence-corrected chi connectivity index (χ1v) is 8.13. The summed E-state index contributed by atoms with van der Waals surface area (Å²) in [5, 5.41) is 3.95. The van der Waals surface area contributed by atoms with Crippen molar-refractivity contribution < 1.29 is 13.6 Å². The zero-order valence-electron chi connectivity index (χ0n) is 12.4. The van der Waals surface area contributed by atoms with Crippen LogP contribution in [0.4, 0.5) is 5.69 Å². The van der Waals surface area contributed by atoms with E-state index in [-0.39, 0.29) is 5.54 Å². The quantitative estimate of drug-likeness (QED) is 0.808. The molecule has 19 heavy (non-hydrogen) atoms. The maximum atomic E-state index is 12.5. The Morgan fingerprint density at radius 1 is 1.05 bits per heavy atom. The second-order valence-electron chi connectivity index (χ2n) is 5.25. The lowest BCUT2D eigenvalue weighted by molar-refractivity contribution is 0.230. The SMILES string of the molecule is CCOP(=O)(OCC)c1ccc(NC(C)(C)C)cc1. The highest BCUT2D eigenvalue weighted by atomic mass is 31.2. The van der Waals surface area contributed by atoms with Crippen molar-refractivity contribution in [3.63, 3.8) is 0 Å². The zero-order valence-corrected chi connectivity index (χ0v) is 13.3. The molecule has 0 bridgehead atoms. The first-order chi connectivity index (χ1) is 8.80. The first-order valence-electron chi connectivity index (χ1n) is 6.58. The number of benzene rings is 1. The standard InChI is InChI=1S/C14H24NO3P/c1-6-17-19(16,18-7-2)13-10-8-12(9-11-13)15-14(3,4)5/h8-11,15H,6-7H2,1-5H3. The van der Waals surface area contributed by atoms with E-state index in [4.69, 9.17) is 9.05 Å². The number of nitrogens with one attached hydrogen (secondary N) is 1. The van der Waals surface area contributed by atoms with E-state index in [2.05, 4.69) is 26.1 Å². The molecule has 108 valence electrons. The van der Waals surface area contributed by atoms with Crippen LogP contribution in [0.2, 0.25) is 0 Å². The maximum Gasteiger partial charge on any atom is 0.361 e. The summed E-state index contributed by atoms with van der Waals surface area (Å²) in [7, 11) is -3.17. The van der Waals surface area contributed by atoms with Gasteiger partial charge in [0.2, 0.25) is 0 Å². The Morgan fingerprint density at radius 3 is 1.89 bits per heavy atom. The highest BCUT2D eigenvalue weighted by Gasteiger charge is 2.26. The van der Waals surface area contributed by atoms with Crippen molar-refractivity contribution in [2.45, 2.75) is 40.2 Å². The highest BCUT2D eigenvalue weighted by molar-refractivity contribution is 7.62. The predicted octanol–water partition coefficient (Wildman–Crippen LogP) is 3.79. The van der Waals surface area contributed by atoms with E-state index >= 15 is 0 Å². The van der Waals surface area contributed by atoms with Crippen LogP contribution in [-0.4, -0.2) is 18.8 Å². The second kappa shape index (κ2) is 6.56. The summed E-state index contributed by atoms with van der Waals surface area (Å²) in [6.45, 7) is 10.6. The number of hydrogen-bond acceptors (Lipinski definition) is 4. The Bertz CT molecular complexity index is 427. The molecule has 0 aromatic heterocycles. The molecule has 0 heterocycles. The summed E-state index contributed by atoms with van der Waals surface area (Å²) < 4.78 is 23.2. The molecule has 4 nitrogen and oxygen atoms in total. The molecule has 0 unspecified atom stereocenters. The van der Waals surface area contributed by atoms with Crippen LogP contribution in [0.3, 0.4) is 0 Å². The topological polar surface area (TPSA) is 47.6 Å². The van der Waals surface area contributed by atoms with Crippen molar-refractivity contribution in [3.05, 3.63) is 24.3 Å². The van der Waals surface area contributed by atoms with Crippen LogP contribution in [0.1, 0.15) is 34.6 Å². The van der Waals surface area contributed by atoms with Gasteiger partial charge in [0, 0.05) is 11.2 Å². The summed E-state index contributed by atoms with van der Waals surface area (Å²) in [6, 6.07) is 7.37. The van der Waals surface area contributed by atoms with Crippen molar-refractivity contribution in [1.82, 2.24) is 0 Å². The largest absolute Gasteiger partial charge is 0.380 e. The minimum Gasteiger partial charge on any atom is -0.380 e. The summed E-state index contributed by atoms with van der Waals surface area (Å²) in [6.07, 6.45) is 0. The van der Waals surface area contributed by atoms with Crippen molar-refractivity contribution in [2.24, 2.45) is 0 Å². The summed E-state index contributed by atoms with van der Waals surface area (Å²) in [5.41, 5.74) is 0.973. The number of hydrogen-bond donors (Lipinski definition) is 1. The van der Waals surface area contributed by atoms with Crippen LogP contribution >= 0.6 is 7.60 Å². The highest BCUT2D eigenvalue weighted by Crippen LogP contribution is 2.46. The molecule has 1 aromatic rings. The van der Waals surface area contributed by atoms with Crippen molar-refractivity contribution in [2.75, 3.05) is 18.5 Å². The predicted molar refractivity (Wildman–Crippen MR) is 80.3 cm³/mol. The summed E-state index contributed by atoms with van der Waals surface area (Å²) in [4.78, 5) is 0. The van der Waals surface area contributed by atoms with Crippen LogP contribution in [0.15, 0.2) is 24.3 Å². The molecule has 1 N–H and O–H groups in total. The number of rotatable bonds is 6. The van der Waals surface area contributed by atoms with Gasteiger partial charge < -0.3 is 14.4 Å². The second-order valence-corrected chi connectivity index (χ2v) is 7.28. The van der Waals surface area contributed by atoms with Gasteiger partial charge in [0.25, 0.3) is 0 Å². The Labute approximate surface area is 116 Å². The average Bonchev–Trinajstić information content (AvgIpc) is 2.28. The molecule has 0 fully saturated rings. The van der Waals surface area contributed by atoms with E-state index in [1.54, 1.807) is 26.0 Å². The van der Waals surface area contributed by atoms with E-state index in [0.29, 0.717) is 18.5 Å². The maximum absolute atomic E-state index is 12.5. The molecule has 0 aliphatic rings. The zero-order chi connectivity index (χ0) is 14.5. The molecule has 0 saturated heterocycles. The van der Waals surface area contributed by atoms with E-state index < -0.39 is 7.60 Å². The molecule has 5 heteroatoms. The van der Waals surface area contributed by atoms with E-state index in [1.807, 2.05) is 12.1 Å². The summed E-state index contributed by atoms with van der Waals surface area (Å²) >= 11 is 0. The van der Waals surface area contributed by atoms with Gasteiger partial charge in [0.05, 0.1) is 18.5 Å². The van der Waals surface area contributed by atoms with Gasteiger partial charge in [-0.3, -0.25) is 4.57 Å². The first kappa shape index (κ1) is 16.2. The molecule has 0 radical (unpaired) electrons. The fourth-order valence-electron chi connectivity index (χ4n) is 1.69. The fraction of sp³-hybridized carbons (Fsp3) is 0.571. The lowest BCUT2D eigenvalue weighted by atomic mass is 10.1. The molecule has 1 rings (SSSR count). The third-order valence-corrected chi connectivity index (χ3v) is 4.43. The Hall–Kier alpha value is -0.830. The van der Waals surface area contributed by atoms with E-state index in [9.17, 15) is 4.57 Å². The third-order valence-electron chi connectivity index (χ3n) is 2.30. The van der Waals surface area contributed by atoms with Crippen molar-refractivity contribution >= 4 is 18.6 Å². The monoisotopic (exact) mass is 285 g/mol. The third kappa shape index (κ3) is 4.98. The van der Waals surface area contributed by atoms with Gasteiger partial charge in [0.15, 0.2) is 0 Å². The van der Waals surface area contributed by atoms with Gasteiger partial charge in [-0.05, 0) is 58.9 Å². The van der Waals surface area contributed by atoms with E-state index in [0.717, 1.165) is 5.69 Å². The smallest absolute Gasteiger partial charge is 0.361 e. The molecular formula is C14H24NO3P. The normalized spacial score (nSPS) is 12.5. The van der Waals surface area contributed by atoms with Crippen LogP contribution in [0.25, 0.3) is 0 Å². The Kier molecular flexibility index (Phi) is 5.60. The van der Waals surface area contributed by atoms with Crippen molar-refractivity contribution in [3.8, 4) is 0 Å². The van der Waals surface area contributed by atoms with Crippen LogP contribution in [0, 0.1) is 0 Å². The molecule has 0 saturated carbocycles. The van der Waals surface area contributed by atoms with Gasteiger partial charge in [-0.15, -0.1) is 0 Å². The van der Waals surface area contributed by atoms with Gasteiger partial charge in [-0.1, -0.05) is 0 Å². The van der Waals surface area contributed by atoms with Gasteiger partial charge in [-0.25, -0.2) is 0 Å². The van der Waals surface area contributed by atoms with Gasteiger partial charge >= 0.3 is 7.60 Å². The van der Waals surface area contributed by atoms with Gasteiger partial charge in [-0.2, -0.15) is 0 Å². The minimum absolute atomic E-state index is 0.00888. The van der Waals surface area contributed by atoms with Gasteiger partial charge in [0.1, 0.15) is 0 Å². The molecule has 0 spiro atoms. The Balaban J connectivity index is 2.93. The van der Waals surface area contributed by atoms with Crippen molar-refractivity contribution in [1.29, 1.82) is 0 Å². The molecule has 0 amide bonds. The molecule has 0 atom stereocenters. The molecule has 0 aliphatic heterocycles. The molecular weight excluding hydrogens is 261 g/mol. The van der Waals surface area contributed by atoms with Crippen LogP contribution in [-0.2, 0) is 13.6 Å². The fourth-order valence-corrected chi connectivity index (χ4v) is 3.25.